The van der Waals surface area contributed by atoms with Gasteiger partial charge in [-0.15, -0.1) is 24.0 Å². The second-order valence-corrected chi connectivity index (χ2v) is 4.14. The van der Waals surface area contributed by atoms with Crippen molar-refractivity contribution in [3.8, 4) is 0 Å². The molecule has 114 valence electrons. The van der Waals surface area contributed by atoms with Crippen LogP contribution >= 0.6 is 24.0 Å². The number of aliphatic imine (C=N–C) groups is 1. The highest BCUT2D eigenvalue weighted by atomic mass is 127. The van der Waals surface area contributed by atoms with Crippen LogP contribution in [-0.2, 0) is 13.1 Å². The molecule has 0 spiro atoms. The zero-order valence-electron chi connectivity index (χ0n) is 11.8. The molecule has 2 rings (SSSR count). The normalized spacial score (nSPS) is 10.9. The number of hydrogen-bond donors (Lipinski definition) is 2. The van der Waals surface area contributed by atoms with Gasteiger partial charge in [-0.2, -0.15) is 4.98 Å². The van der Waals surface area contributed by atoms with Crippen molar-refractivity contribution < 1.29 is 8.91 Å². The van der Waals surface area contributed by atoms with Crippen LogP contribution in [0.25, 0.3) is 0 Å². The molecular formula is C13H17FIN5O. The van der Waals surface area contributed by atoms with Crippen LogP contribution in [0, 0.1) is 12.7 Å². The predicted molar refractivity (Wildman–Crippen MR) is 87.9 cm³/mol. The standard InChI is InChI=1S/C13H16FN5O.HI/c1-9-18-12(19-20-9)8-17-13(15-2)16-7-10-4-3-5-11(14)6-10;/h3-6H,7-8H2,1-2H3,(H2,15,16,17);1H. The van der Waals surface area contributed by atoms with Crippen LogP contribution in [0.15, 0.2) is 33.8 Å². The Morgan fingerprint density at radius 1 is 1.33 bits per heavy atom. The van der Waals surface area contributed by atoms with Gasteiger partial charge < -0.3 is 15.2 Å². The van der Waals surface area contributed by atoms with E-state index in [-0.39, 0.29) is 29.8 Å². The Bertz CT molecular complexity index is 602. The number of benzene rings is 1. The SMILES string of the molecule is CN=C(NCc1cccc(F)c1)NCc1noc(C)n1.I. The van der Waals surface area contributed by atoms with Gasteiger partial charge in [0.25, 0.3) is 0 Å². The molecule has 0 unspecified atom stereocenters. The summed E-state index contributed by atoms with van der Waals surface area (Å²) in [5.74, 6) is 1.40. The molecule has 8 heteroatoms. The summed E-state index contributed by atoms with van der Waals surface area (Å²) >= 11 is 0. The molecule has 21 heavy (non-hydrogen) atoms. The van der Waals surface area contributed by atoms with E-state index in [1.54, 1.807) is 20.0 Å². The van der Waals surface area contributed by atoms with Gasteiger partial charge in [0.2, 0.25) is 5.89 Å². The minimum absolute atomic E-state index is 0. The number of aromatic nitrogens is 2. The van der Waals surface area contributed by atoms with Gasteiger partial charge in [-0.1, -0.05) is 17.3 Å². The summed E-state index contributed by atoms with van der Waals surface area (Å²) in [6.07, 6.45) is 0. The summed E-state index contributed by atoms with van der Waals surface area (Å²) in [6.45, 7) is 2.61. The zero-order valence-corrected chi connectivity index (χ0v) is 14.1. The van der Waals surface area contributed by atoms with Crippen LogP contribution in [0.5, 0.6) is 0 Å². The molecule has 1 heterocycles. The van der Waals surface area contributed by atoms with E-state index in [1.807, 2.05) is 6.07 Å². The maximum absolute atomic E-state index is 13.0. The predicted octanol–water partition coefficient (Wildman–Crippen LogP) is 2.00. The van der Waals surface area contributed by atoms with Crippen LogP contribution in [0.2, 0.25) is 0 Å². The molecule has 0 atom stereocenters. The van der Waals surface area contributed by atoms with Crippen molar-refractivity contribution in [2.45, 2.75) is 20.0 Å². The topological polar surface area (TPSA) is 75.3 Å². The van der Waals surface area contributed by atoms with E-state index in [2.05, 4.69) is 25.8 Å². The van der Waals surface area contributed by atoms with Gasteiger partial charge in [0.1, 0.15) is 5.82 Å². The molecule has 0 saturated heterocycles. The maximum Gasteiger partial charge on any atom is 0.223 e. The average molecular weight is 405 g/mol. The van der Waals surface area contributed by atoms with Crippen molar-refractivity contribution in [1.29, 1.82) is 0 Å². The van der Waals surface area contributed by atoms with E-state index < -0.39 is 0 Å². The molecule has 0 saturated carbocycles. The Morgan fingerprint density at radius 2 is 2.10 bits per heavy atom. The molecule has 0 aliphatic rings. The lowest BCUT2D eigenvalue weighted by Crippen LogP contribution is -2.36. The molecule has 1 aromatic heterocycles. The number of nitrogens with one attached hydrogen (secondary N) is 2. The third-order valence-corrected chi connectivity index (χ3v) is 2.56. The molecule has 0 amide bonds. The Labute approximate surface area is 139 Å². The number of guanidine groups is 1. The van der Waals surface area contributed by atoms with Crippen molar-refractivity contribution in [1.82, 2.24) is 20.8 Å². The zero-order chi connectivity index (χ0) is 14.4. The van der Waals surface area contributed by atoms with Crippen LogP contribution in [0.4, 0.5) is 4.39 Å². The molecule has 0 fully saturated rings. The molecule has 2 N–H and O–H groups in total. The summed E-state index contributed by atoms with van der Waals surface area (Å²) in [5.41, 5.74) is 0.836. The minimum Gasteiger partial charge on any atom is -0.352 e. The molecule has 0 bridgehead atoms. The largest absolute Gasteiger partial charge is 0.352 e. The van der Waals surface area contributed by atoms with Crippen molar-refractivity contribution in [2.24, 2.45) is 4.99 Å². The van der Waals surface area contributed by atoms with Crippen LogP contribution in [0.1, 0.15) is 17.3 Å². The number of halogens is 2. The summed E-state index contributed by atoms with van der Waals surface area (Å²) < 4.78 is 17.9. The summed E-state index contributed by atoms with van der Waals surface area (Å²) in [4.78, 5) is 8.14. The fourth-order valence-corrected chi connectivity index (χ4v) is 1.63. The van der Waals surface area contributed by atoms with E-state index in [9.17, 15) is 4.39 Å². The van der Waals surface area contributed by atoms with Gasteiger partial charge in [0.05, 0.1) is 6.54 Å². The quantitative estimate of drug-likeness (QED) is 0.463. The molecule has 0 radical (unpaired) electrons. The van der Waals surface area contributed by atoms with Crippen molar-refractivity contribution >= 4 is 29.9 Å². The van der Waals surface area contributed by atoms with Gasteiger partial charge in [-0.3, -0.25) is 4.99 Å². The molecule has 6 nitrogen and oxygen atoms in total. The number of aryl methyl sites for hydroxylation is 1. The summed E-state index contributed by atoms with van der Waals surface area (Å²) in [5, 5.41) is 9.89. The van der Waals surface area contributed by atoms with Crippen molar-refractivity contribution in [3.05, 3.63) is 47.4 Å². The Morgan fingerprint density at radius 3 is 2.71 bits per heavy atom. The summed E-state index contributed by atoms with van der Waals surface area (Å²) in [6, 6.07) is 6.40. The Kier molecular flexibility index (Phi) is 7.06. The third kappa shape index (κ3) is 5.66. The van der Waals surface area contributed by atoms with Gasteiger partial charge in [0.15, 0.2) is 11.8 Å². The lowest BCUT2D eigenvalue weighted by molar-refractivity contribution is 0.387. The monoisotopic (exact) mass is 405 g/mol. The number of nitrogens with zero attached hydrogens (tertiary/aromatic N) is 3. The lowest BCUT2D eigenvalue weighted by atomic mass is 10.2. The fraction of sp³-hybridized carbons (Fsp3) is 0.308. The highest BCUT2D eigenvalue weighted by molar-refractivity contribution is 14.0. The summed E-state index contributed by atoms with van der Waals surface area (Å²) in [7, 11) is 1.66. The third-order valence-electron chi connectivity index (χ3n) is 2.56. The highest BCUT2D eigenvalue weighted by Gasteiger charge is 2.04. The smallest absolute Gasteiger partial charge is 0.223 e. The van der Waals surface area contributed by atoms with Crippen molar-refractivity contribution in [2.75, 3.05) is 7.05 Å². The first-order chi connectivity index (χ1) is 9.67. The molecule has 1 aromatic carbocycles. The molecular weight excluding hydrogens is 388 g/mol. The Hall–Kier alpha value is -1.71. The van der Waals surface area contributed by atoms with Crippen LogP contribution < -0.4 is 10.6 Å². The van der Waals surface area contributed by atoms with E-state index in [4.69, 9.17) is 4.52 Å². The van der Waals surface area contributed by atoms with Gasteiger partial charge >= 0.3 is 0 Å². The van der Waals surface area contributed by atoms with Gasteiger partial charge in [-0.05, 0) is 17.7 Å². The van der Waals surface area contributed by atoms with Crippen molar-refractivity contribution in [3.63, 3.8) is 0 Å². The maximum atomic E-state index is 13.0. The van der Waals surface area contributed by atoms with Crippen LogP contribution in [0.3, 0.4) is 0 Å². The van der Waals surface area contributed by atoms with E-state index in [0.29, 0.717) is 30.8 Å². The first kappa shape index (κ1) is 17.3. The first-order valence-corrected chi connectivity index (χ1v) is 6.15. The lowest BCUT2D eigenvalue weighted by Gasteiger charge is -2.10. The molecule has 0 aliphatic carbocycles. The molecule has 0 aliphatic heterocycles. The fourth-order valence-electron chi connectivity index (χ4n) is 1.63. The number of rotatable bonds is 4. The highest BCUT2D eigenvalue weighted by Crippen LogP contribution is 2.02. The van der Waals surface area contributed by atoms with Crippen LogP contribution in [-0.4, -0.2) is 23.1 Å². The first-order valence-electron chi connectivity index (χ1n) is 6.15. The molecule has 2 aromatic rings. The minimum atomic E-state index is -0.255. The number of hydrogen-bond acceptors (Lipinski definition) is 4. The van der Waals surface area contributed by atoms with E-state index in [0.717, 1.165) is 5.56 Å². The van der Waals surface area contributed by atoms with Gasteiger partial charge in [0, 0.05) is 20.5 Å². The van der Waals surface area contributed by atoms with Gasteiger partial charge in [-0.25, -0.2) is 4.39 Å². The van der Waals surface area contributed by atoms with E-state index >= 15 is 0 Å². The second kappa shape index (κ2) is 8.55. The average Bonchev–Trinajstić information content (AvgIpc) is 2.85. The van der Waals surface area contributed by atoms with E-state index in [1.165, 1.54) is 12.1 Å². The second-order valence-electron chi connectivity index (χ2n) is 4.14. The Balaban J connectivity index is 0.00000220.